The van der Waals surface area contributed by atoms with Gasteiger partial charge in [-0.3, -0.25) is 4.79 Å². The van der Waals surface area contributed by atoms with Crippen LogP contribution in [-0.2, 0) is 30.7 Å². The van der Waals surface area contributed by atoms with Crippen molar-refractivity contribution in [3.05, 3.63) is 47.2 Å². The van der Waals surface area contributed by atoms with Gasteiger partial charge in [0.25, 0.3) is 10.0 Å². The minimum atomic E-state index is -3.93. The molecule has 0 N–H and O–H groups in total. The Balaban J connectivity index is 1.40. The van der Waals surface area contributed by atoms with Crippen molar-refractivity contribution < 1.29 is 36.7 Å². The maximum absolute atomic E-state index is 13.2. The molecule has 3 heterocycles. The Bertz CT molecular complexity index is 1210. The quantitative estimate of drug-likeness (QED) is 0.565. The molecule has 0 atom stereocenters. The number of carbonyl (C=O) groups excluding carboxylic acids is 3. The van der Waals surface area contributed by atoms with Crippen LogP contribution in [0.5, 0.6) is 0 Å². The number of sulfonamides is 1. The molecule has 2 aliphatic heterocycles. The van der Waals surface area contributed by atoms with Crippen molar-refractivity contribution in [3.8, 4) is 0 Å². The Morgan fingerprint density at radius 1 is 1.06 bits per heavy atom. The second kappa shape index (κ2) is 9.59. The molecular weight excluding hydrogens is 464 g/mol. The average molecular weight is 491 g/mol. The predicted octanol–water partition coefficient (Wildman–Crippen LogP) is 2.23. The number of fused-ring (bicyclic) bond motifs is 1. The molecule has 0 radical (unpaired) electrons. The smallest absolute Gasteiger partial charge is 0.374 e. The third-order valence-corrected chi connectivity index (χ3v) is 7.89. The molecule has 0 spiro atoms. The van der Waals surface area contributed by atoms with Crippen LogP contribution in [0.25, 0.3) is 0 Å². The highest BCUT2D eigenvalue weighted by Crippen LogP contribution is 2.33. The van der Waals surface area contributed by atoms with Crippen LogP contribution in [0, 0.1) is 5.92 Å². The Morgan fingerprint density at radius 2 is 1.79 bits per heavy atom. The van der Waals surface area contributed by atoms with E-state index in [0.29, 0.717) is 31.4 Å². The number of piperidine rings is 1. The summed E-state index contributed by atoms with van der Waals surface area (Å²) in [5.74, 6) is -1.69. The van der Waals surface area contributed by atoms with E-state index in [1.807, 2.05) is 0 Å². The number of esters is 2. The number of hydrogen-bond acceptors (Lipinski definition) is 8. The monoisotopic (exact) mass is 490 g/mol. The molecule has 0 bridgehead atoms. The van der Waals surface area contributed by atoms with Crippen molar-refractivity contribution in [2.75, 3.05) is 38.3 Å². The topological polar surface area (TPSA) is 123 Å². The van der Waals surface area contributed by atoms with Gasteiger partial charge >= 0.3 is 11.9 Å². The number of rotatable bonds is 6. The first-order valence-electron chi connectivity index (χ1n) is 11.1. The molecule has 0 saturated carbocycles. The van der Waals surface area contributed by atoms with Crippen molar-refractivity contribution in [2.45, 2.75) is 31.3 Å². The van der Waals surface area contributed by atoms with E-state index in [0.717, 1.165) is 11.3 Å². The minimum Gasteiger partial charge on any atom is -0.465 e. The minimum absolute atomic E-state index is 0.0517. The third-order valence-electron chi connectivity index (χ3n) is 6.12. The predicted molar refractivity (Wildman–Crippen MR) is 120 cm³/mol. The fraction of sp³-hybridized carbons (Fsp3) is 0.435. The largest absolute Gasteiger partial charge is 0.465 e. The van der Waals surface area contributed by atoms with Crippen LogP contribution in [-0.4, -0.2) is 63.9 Å². The third kappa shape index (κ3) is 4.45. The molecule has 1 aromatic heterocycles. The van der Waals surface area contributed by atoms with Gasteiger partial charge < -0.3 is 18.8 Å². The molecule has 1 amide bonds. The van der Waals surface area contributed by atoms with Crippen LogP contribution < -0.4 is 4.90 Å². The fourth-order valence-electron chi connectivity index (χ4n) is 4.34. The van der Waals surface area contributed by atoms with Gasteiger partial charge in [0.2, 0.25) is 16.8 Å². The summed E-state index contributed by atoms with van der Waals surface area (Å²) in [5, 5.41) is -0.324. The fourth-order valence-corrected chi connectivity index (χ4v) is 5.72. The zero-order chi connectivity index (χ0) is 24.5. The molecule has 11 heteroatoms. The standard InChI is InChI=1S/C23H26N2O8S/c1-3-32-23(28)19-6-7-20(33-19)34(29,30)24-11-8-15(9-12-24)21(26)25-13-10-16-14-17(22(27)31-2)4-5-18(16)25/h4-7,14-15H,3,8-13H2,1-2H3. The Hall–Kier alpha value is -3.18. The molecule has 2 aromatic rings. The Kier molecular flexibility index (Phi) is 6.76. The highest BCUT2D eigenvalue weighted by atomic mass is 32.2. The van der Waals surface area contributed by atoms with E-state index in [9.17, 15) is 22.8 Å². The van der Waals surface area contributed by atoms with Crippen LogP contribution in [0.1, 0.15) is 46.2 Å². The molecule has 1 saturated heterocycles. The first-order chi connectivity index (χ1) is 16.3. The number of carbonyl (C=O) groups is 3. The lowest BCUT2D eigenvalue weighted by Gasteiger charge is -2.32. The van der Waals surface area contributed by atoms with Crippen molar-refractivity contribution in [1.82, 2.24) is 4.31 Å². The zero-order valence-electron chi connectivity index (χ0n) is 19.0. The molecule has 0 aliphatic carbocycles. The molecule has 4 rings (SSSR count). The van der Waals surface area contributed by atoms with Crippen LogP contribution in [0.3, 0.4) is 0 Å². The molecule has 1 fully saturated rings. The van der Waals surface area contributed by atoms with Gasteiger partial charge in [-0.1, -0.05) is 0 Å². The maximum Gasteiger partial charge on any atom is 0.374 e. The number of anilines is 1. The number of furan rings is 1. The van der Waals surface area contributed by atoms with Gasteiger partial charge in [0.1, 0.15) is 0 Å². The summed E-state index contributed by atoms with van der Waals surface area (Å²) in [4.78, 5) is 38.5. The van der Waals surface area contributed by atoms with Crippen molar-refractivity contribution >= 4 is 33.6 Å². The first kappa shape index (κ1) is 24.0. The second-order valence-electron chi connectivity index (χ2n) is 8.09. The number of nitrogens with zero attached hydrogens (tertiary/aromatic N) is 2. The van der Waals surface area contributed by atoms with Gasteiger partial charge in [0, 0.05) is 31.2 Å². The molecular formula is C23H26N2O8S. The van der Waals surface area contributed by atoms with Crippen LogP contribution in [0.4, 0.5) is 5.69 Å². The second-order valence-corrected chi connectivity index (χ2v) is 9.96. The van der Waals surface area contributed by atoms with Crippen molar-refractivity contribution in [3.63, 3.8) is 0 Å². The summed E-state index contributed by atoms with van der Waals surface area (Å²) in [6.45, 7) is 2.63. The van der Waals surface area contributed by atoms with Gasteiger partial charge in [-0.05, 0) is 62.1 Å². The van der Waals surface area contributed by atoms with Gasteiger partial charge in [-0.2, -0.15) is 4.31 Å². The molecule has 2 aliphatic rings. The number of amides is 1. The SMILES string of the molecule is CCOC(=O)c1ccc(S(=O)(=O)N2CCC(C(=O)N3CCc4cc(C(=O)OC)ccc43)CC2)o1. The Labute approximate surface area is 197 Å². The maximum atomic E-state index is 13.2. The number of hydrogen-bond donors (Lipinski definition) is 0. The normalized spacial score (nSPS) is 16.8. The first-order valence-corrected chi connectivity index (χ1v) is 12.5. The van der Waals surface area contributed by atoms with Crippen LogP contribution in [0.15, 0.2) is 39.8 Å². The summed E-state index contributed by atoms with van der Waals surface area (Å²) in [6, 6.07) is 7.65. The summed E-state index contributed by atoms with van der Waals surface area (Å²) in [5.41, 5.74) is 2.12. The Morgan fingerprint density at radius 3 is 2.47 bits per heavy atom. The van der Waals surface area contributed by atoms with E-state index in [-0.39, 0.29) is 42.4 Å². The van der Waals surface area contributed by atoms with Crippen LogP contribution >= 0.6 is 0 Å². The van der Waals surface area contributed by atoms with E-state index < -0.39 is 22.0 Å². The molecule has 182 valence electrons. The lowest BCUT2D eigenvalue weighted by molar-refractivity contribution is -0.123. The van der Waals surface area contributed by atoms with E-state index >= 15 is 0 Å². The van der Waals surface area contributed by atoms with E-state index in [2.05, 4.69) is 0 Å². The lowest BCUT2D eigenvalue weighted by Crippen LogP contribution is -2.44. The van der Waals surface area contributed by atoms with E-state index in [1.165, 1.54) is 23.5 Å². The lowest BCUT2D eigenvalue weighted by atomic mass is 9.96. The van der Waals surface area contributed by atoms with Gasteiger partial charge in [0.05, 0.1) is 19.3 Å². The summed E-state index contributed by atoms with van der Waals surface area (Å²) in [6.07, 6.45) is 1.38. The zero-order valence-corrected chi connectivity index (χ0v) is 19.8. The number of methoxy groups -OCH3 is 1. The summed E-state index contributed by atoms with van der Waals surface area (Å²) >= 11 is 0. The summed E-state index contributed by atoms with van der Waals surface area (Å²) < 4.78 is 42.0. The van der Waals surface area contributed by atoms with Crippen molar-refractivity contribution in [2.24, 2.45) is 5.92 Å². The van der Waals surface area contributed by atoms with Gasteiger partial charge in [0.15, 0.2) is 0 Å². The average Bonchev–Trinajstić information content (AvgIpc) is 3.51. The van der Waals surface area contributed by atoms with Crippen molar-refractivity contribution in [1.29, 1.82) is 0 Å². The van der Waals surface area contributed by atoms with E-state index in [4.69, 9.17) is 13.9 Å². The van der Waals surface area contributed by atoms with Gasteiger partial charge in [-0.15, -0.1) is 0 Å². The highest BCUT2D eigenvalue weighted by molar-refractivity contribution is 7.89. The van der Waals surface area contributed by atoms with E-state index in [1.54, 1.807) is 30.0 Å². The van der Waals surface area contributed by atoms with Gasteiger partial charge in [-0.25, -0.2) is 18.0 Å². The number of ether oxygens (including phenoxy) is 2. The highest BCUT2D eigenvalue weighted by Gasteiger charge is 2.37. The molecule has 34 heavy (non-hydrogen) atoms. The molecule has 0 unspecified atom stereocenters. The van der Waals surface area contributed by atoms with Crippen LogP contribution in [0.2, 0.25) is 0 Å². The summed E-state index contributed by atoms with van der Waals surface area (Å²) in [7, 11) is -2.61. The molecule has 10 nitrogen and oxygen atoms in total. The molecule has 1 aromatic carbocycles. The number of benzene rings is 1.